The molecule has 0 aromatic carbocycles. The van der Waals surface area contributed by atoms with E-state index in [9.17, 15) is 14.4 Å². The minimum absolute atomic E-state index is 0. The summed E-state index contributed by atoms with van der Waals surface area (Å²) in [7, 11) is 2.38. The number of carbonyl (C=O) groups excluding carboxylic acids is 3. The predicted octanol–water partition coefficient (Wildman–Crippen LogP) is 7.20. The number of unbranched alkanes of at least 4 members (excludes halogenated alkanes) is 29. The summed E-state index contributed by atoms with van der Waals surface area (Å²) in [6, 6.07) is -2.22. The Morgan fingerprint density at radius 2 is 0.708 bits per heavy atom. The molecule has 0 radical (unpaired) electrons. The quantitative estimate of drug-likeness (QED) is 0.0248. The second-order valence-electron chi connectivity index (χ2n) is 19.9. The van der Waals surface area contributed by atoms with Crippen LogP contribution in [0.4, 0.5) is 0 Å². The average molecular weight is 944 g/mol. The molecule has 0 aliphatic heterocycles. The van der Waals surface area contributed by atoms with E-state index in [-0.39, 0.29) is 30.1 Å². The van der Waals surface area contributed by atoms with E-state index in [4.69, 9.17) is 22.9 Å². The van der Waals surface area contributed by atoms with E-state index in [1.807, 2.05) is 0 Å². The fraction of sp³-hybridized carbons (Fsp3) is 0.943. The van der Waals surface area contributed by atoms with Gasteiger partial charge in [0.05, 0.1) is 39.3 Å². The Balaban J connectivity index is 0. The molecule has 11 N–H and O–H groups in total. The van der Waals surface area contributed by atoms with E-state index < -0.39 is 18.1 Å². The Bertz CT molecular complexity index is 1020. The van der Waals surface area contributed by atoms with Crippen LogP contribution >= 0.6 is 0 Å². The molecule has 3 amide bonds. The average Bonchev–Trinajstić information content (AvgIpc) is 3.28. The maximum Gasteiger partial charge on any atom is 0.243 e. The summed E-state index contributed by atoms with van der Waals surface area (Å²) in [5.74, 6) is -0.886. The van der Waals surface area contributed by atoms with Crippen molar-refractivity contribution in [3.8, 4) is 0 Å². The minimum Gasteiger partial charge on any atom is -1.00 e. The van der Waals surface area contributed by atoms with Crippen LogP contribution in [0.25, 0.3) is 0 Å². The van der Waals surface area contributed by atoms with Crippen molar-refractivity contribution in [3.05, 3.63) is 0 Å². The smallest absolute Gasteiger partial charge is 0.243 e. The first-order valence-corrected chi connectivity index (χ1v) is 27.8. The van der Waals surface area contributed by atoms with Crippen molar-refractivity contribution < 1.29 is 31.3 Å². The van der Waals surface area contributed by atoms with E-state index in [1.165, 1.54) is 180 Å². The Kier molecular flexibility index (Phi) is 49.4. The highest BCUT2D eigenvalue weighted by atomic mass is 35.5. The van der Waals surface area contributed by atoms with Gasteiger partial charge in [-0.2, -0.15) is 0 Å². The first-order valence-electron chi connectivity index (χ1n) is 27.8. The number of nitrogens with zero attached hydrogens (tertiary/aromatic N) is 1. The van der Waals surface area contributed by atoms with Gasteiger partial charge in [0.25, 0.3) is 0 Å². The van der Waals surface area contributed by atoms with Crippen molar-refractivity contribution in [2.75, 3.05) is 52.9 Å². The highest BCUT2D eigenvalue weighted by Crippen LogP contribution is 2.17. The molecule has 0 bridgehead atoms. The summed E-state index contributed by atoms with van der Waals surface area (Å²) in [6.45, 7) is 9.82. The number of nitrogens with one attached hydrogen (secondary N) is 3. The summed E-state index contributed by atoms with van der Waals surface area (Å²) in [5, 5.41) is 9.11. The van der Waals surface area contributed by atoms with Gasteiger partial charge in [0.2, 0.25) is 17.7 Å². The summed E-state index contributed by atoms with van der Waals surface area (Å²) in [6.07, 6.45) is 43.9. The highest BCUT2D eigenvalue weighted by molar-refractivity contribution is 5.93. The molecule has 0 aromatic rings. The molecule has 3 atom stereocenters. The first kappa shape index (κ1) is 65.6. The molecule has 65 heavy (non-hydrogen) atoms. The molecule has 0 unspecified atom stereocenters. The molecule has 388 valence electrons. The topological polar surface area (TPSA) is 191 Å². The van der Waals surface area contributed by atoms with Crippen molar-refractivity contribution in [3.63, 3.8) is 0 Å². The summed E-state index contributed by atoms with van der Waals surface area (Å²) < 4.78 is 0.960. The SMILES string of the molecule is CCCCCCCCCCCCCCCC[N+](C)(CCCCCCCCCCCCCCCC)CCNC(=O)[C@H](CCCCN)NC(=O)[C@H](CCCCN)NC(=O)[C@@H](N)CCCCN.[Cl-]. The van der Waals surface area contributed by atoms with Crippen LogP contribution in [0.1, 0.15) is 251 Å². The zero-order valence-electron chi connectivity index (χ0n) is 43.2. The van der Waals surface area contributed by atoms with E-state index in [1.54, 1.807) is 0 Å². The third-order valence-corrected chi connectivity index (χ3v) is 13.5. The van der Waals surface area contributed by atoms with Gasteiger partial charge in [0.15, 0.2) is 0 Å². The molecule has 0 rings (SSSR count). The summed E-state index contributed by atoms with van der Waals surface area (Å²) >= 11 is 0. The number of quaternary nitrogens is 1. The van der Waals surface area contributed by atoms with Crippen LogP contribution in [0.5, 0.6) is 0 Å². The Labute approximate surface area is 408 Å². The van der Waals surface area contributed by atoms with Gasteiger partial charge in [-0.3, -0.25) is 14.4 Å². The number of halogens is 1. The van der Waals surface area contributed by atoms with E-state index in [2.05, 4.69) is 36.8 Å². The lowest BCUT2D eigenvalue weighted by atomic mass is 10.0. The van der Waals surface area contributed by atoms with Gasteiger partial charge in [-0.15, -0.1) is 0 Å². The number of amides is 3. The van der Waals surface area contributed by atoms with E-state index >= 15 is 0 Å². The van der Waals surface area contributed by atoms with Gasteiger partial charge in [-0.05, 0) is 96.7 Å². The largest absolute Gasteiger partial charge is 1.00 e. The maximum absolute atomic E-state index is 13.8. The second kappa shape index (κ2) is 48.9. The number of rotatable bonds is 50. The van der Waals surface area contributed by atoms with Gasteiger partial charge < -0.3 is 55.8 Å². The maximum atomic E-state index is 13.8. The van der Waals surface area contributed by atoms with Crippen molar-refractivity contribution >= 4 is 17.7 Å². The highest BCUT2D eigenvalue weighted by Gasteiger charge is 2.28. The number of carbonyl (C=O) groups is 3. The van der Waals surface area contributed by atoms with Gasteiger partial charge >= 0.3 is 0 Å². The standard InChI is InChI=1S/C53H110N8O3.ClH/c1-4-6-8-10-12-14-16-18-20-22-24-26-28-36-45-61(3,46-37-29-27-25-23-21-19-17-15-13-11-9-7-5-2)47-44-58-52(63)49(39-31-34-42-55)60-53(64)50(40-32-35-43-56)59-51(62)48(57)38-30-33-41-54;/h48-50H,4-47,54-57H2,1-3H3,(H2-,58,59,60,62,63,64);1H/t48-,49-,50-;/m0./s1. The summed E-state index contributed by atoms with van der Waals surface area (Å²) in [5.41, 5.74) is 23.4. The second-order valence-corrected chi connectivity index (χ2v) is 19.9. The number of hydrogen-bond donors (Lipinski definition) is 7. The lowest BCUT2D eigenvalue weighted by Gasteiger charge is -2.35. The zero-order chi connectivity index (χ0) is 47.2. The van der Waals surface area contributed by atoms with Gasteiger partial charge in [0.1, 0.15) is 12.1 Å². The van der Waals surface area contributed by atoms with E-state index in [0.29, 0.717) is 51.9 Å². The molecular weight excluding hydrogens is 832 g/mol. The van der Waals surface area contributed by atoms with Gasteiger partial charge in [-0.25, -0.2) is 0 Å². The molecule has 0 saturated heterocycles. The van der Waals surface area contributed by atoms with Crippen LogP contribution in [-0.2, 0) is 14.4 Å². The molecule has 0 aliphatic carbocycles. The minimum atomic E-state index is -0.792. The molecular formula is C53H111ClN8O3. The monoisotopic (exact) mass is 943 g/mol. The lowest BCUT2D eigenvalue weighted by molar-refractivity contribution is -0.908. The number of likely N-dealkylation sites (N-methyl/N-ethyl adjacent to an activating group) is 1. The zero-order valence-corrected chi connectivity index (χ0v) is 44.0. The summed E-state index contributed by atoms with van der Waals surface area (Å²) in [4.78, 5) is 40.6. The molecule has 0 saturated carbocycles. The Morgan fingerprint density at radius 3 is 1.06 bits per heavy atom. The van der Waals surface area contributed by atoms with Crippen molar-refractivity contribution in [2.24, 2.45) is 22.9 Å². The normalized spacial score (nSPS) is 13.0. The van der Waals surface area contributed by atoms with Gasteiger partial charge in [0, 0.05) is 0 Å². The molecule has 0 aromatic heterocycles. The van der Waals surface area contributed by atoms with Crippen LogP contribution in [-0.4, -0.2) is 93.2 Å². The fourth-order valence-electron chi connectivity index (χ4n) is 9.00. The molecule has 0 spiro atoms. The Hall–Kier alpha value is -1.50. The van der Waals surface area contributed by atoms with Crippen LogP contribution in [0, 0.1) is 0 Å². The van der Waals surface area contributed by atoms with Crippen molar-refractivity contribution in [2.45, 2.75) is 270 Å². The lowest BCUT2D eigenvalue weighted by Crippen LogP contribution is -3.00. The third-order valence-electron chi connectivity index (χ3n) is 13.5. The predicted molar refractivity (Wildman–Crippen MR) is 275 cm³/mol. The number of hydrogen-bond acceptors (Lipinski definition) is 7. The molecule has 11 nitrogen and oxygen atoms in total. The third kappa shape index (κ3) is 41.2. The van der Waals surface area contributed by atoms with Crippen molar-refractivity contribution in [1.29, 1.82) is 0 Å². The van der Waals surface area contributed by atoms with Crippen LogP contribution in [0.2, 0.25) is 0 Å². The first-order chi connectivity index (χ1) is 31.2. The van der Waals surface area contributed by atoms with Crippen LogP contribution < -0.4 is 51.3 Å². The molecule has 0 aliphatic rings. The molecule has 0 heterocycles. The van der Waals surface area contributed by atoms with Crippen molar-refractivity contribution in [1.82, 2.24) is 16.0 Å². The van der Waals surface area contributed by atoms with Crippen LogP contribution in [0.15, 0.2) is 0 Å². The molecule has 0 fully saturated rings. The number of nitrogens with two attached hydrogens (primary N) is 4. The fourth-order valence-corrected chi connectivity index (χ4v) is 9.00. The van der Waals surface area contributed by atoms with E-state index in [0.717, 1.165) is 56.2 Å². The van der Waals surface area contributed by atoms with Gasteiger partial charge in [-0.1, -0.05) is 174 Å². The Morgan fingerprint density at radius 1 is 0.400 bits per heavy atom. The molecule has 12 heteroatoms. The van der Waals surface area contributed by atoms with Crippen LogP contribution in [0.3, 0.4) is 0 Å².